The van der Waals surface area contributed by atoms with E-state index >= 15 is 0 Å². The lowest BCUT2D eigenvalue weighted by atomic mass is 9.79. The quantitative estimate of drug-likeness (QED) is 0.720. The monoisotopic (exact) mass is 395 g/mol. The molecule has 144 valence electrons. The summed E-state index contributed by atoms with van der Waals surface area (Å²) in [5.74, 6) is -0.0629. The number of nitrogens with one attached hydrogen (secondary N) is 1. The lowest BCUT2D eigenvalue weighted by Crippen LogP contribution is -2.44. The number of amides is 2. The van der Waals surface area contributed by atoms with Crippen LogP contribution in [0.5, 0.6) is 0 Å². The Hall–Kier alpha value is -2.93. The fourth-order valence-electron chi connectivity index (χ4n) is 3.82. The Balaban J connectivity index is 1.54. The van der Waals surface area contributed by atoms with E-state index in [1.807, 2.05) is 6.07 Å². The molecule has 0 aliphatic carbocycles. The van der Waals surface area contributed by atoms with E-state index in [1.54, 1.807) is 29.4 Å². The molecule has 1 unspecified atom stereocenters. The van der Waals surface area contributed by atoms with E-state index < -0.39 is 5.41 Å². The number of hydrogen-bond acceptors (Lipinski definition) is 5. The molecule has 1 saturated heterocycles. The third-order valence-electron chi connectivity index (χ3n) is 5.30. The van der Waals surface area contributed by atoms with Crippen molar-refractivity contribution in [3.8, 4) is 10.4 Å². The lowest BCUT2D eigenvalue weighted by molar-refractivity contribution is -0.129. The van der Waals surface area contributed by atoms with Crippen LogP contribution in [0.2, 0.25) is 0 Å². The van der Waals surface area contributed by atoms with Crippen LogP contribution in [-0.2, 0) is 11.2 Å². The van der Waals surface area contributed by atoms with Gasteiger partial charge in [0.05, 0.1) is 11.6 Å². The van der Waals surface area contributed by atoms with Gasteiger partial charge in [0.15, 0.2) is 0 Å². The highest BCUT2D eigenvalue weighted by molar-refractivity contribution is 7.13. The van der Waals surface area contributed by atoms with Gasteiger partial charge in [0.2, 0.25) is 11.7 Å². The Bertz CT molecular complexity index is 951. The average molecular weight is 395 g/mol. The van der Waals surface area contributed by atoms with Gasteiger partial charge < -0.3 is 14.7 Å². The summed E-state index contributed by atoms with van der Waals surface area (Å²) >= 11 is 1.70. The second-order valence-electron chi connectivity index (χ2n) is 7.06. The van der Waals surface area contributed by atoms with Gasteiger partial charge >= 0.3 is 0 Å². The number of benzene rings is 1. The number of carbonyl (C=O) groups is 2. The van der Waals surface area contributed by atoms with Crippen LogP contribution in [0.1, 0.15) is 22.5 Å². The highest BCUT2D eigenvalue weighted by atomic mass is 32.1. The van der Waals surface area contributed by atoms with Crippen molar-refractivity contribution in [2.24, 2.45) is 5.41 Å². The van der Waals surface area contributed by atoms with Gasteiger partial charge in [-0.3, -0.25) is 9.59 Å². The van der Waals surface area contributed by atoms with Crippen LogP contribution in [-0.4, -0.2) is 42.0 Å². The number of hydrogen-bond donors (Lipinski definition) is 1. The second-order valence-corrected chi connectivity index (χ2v) is 8.01. The lowest BCUT2D eigenvalue weighted by Gasteiger charge is -2.27. The molecule has 1 aliphatic rings. The molecule has 3 heterocycles. The number of rotatable bonds is 5. The van der Waals surface area contributed by atoms with Gasteiger partial charge in [-0.05, 0) is 35.4 Å². The maximum Gasteiger partial charge on any atom is 0.292 e. The number of aromatic nitrogens is 1. The van der Waals surface area contributed by atoms with Crippen LogP contribution in [0.3, 0.4) is 0 Å². The predicted octanol–water partition coefficient (Wildman–Crippen LogP) is 3.22. The smallest absolute Gasteiger partial charge is 0.292 e. The summed E-state index contributed by atoms with van der Waals surface area (Å²) in [6, 6.07) is 14.0. The Morgan fingerprint density at radius 3 is 2.71 bits per heavy atom. The molecular formula is C21H21N3O3S. The fraction of sp³-hybridized carbons (Fsp3) is 0.286. The Kier molecular flexibility index (Phi) is 5.00. The largest absolute Gasteiger partial charge is 0.359 e. The zero-order chi connectivity index (χ0) is 19.6. The molecule has 4 rings (SSSR count). The van der Waals surface area contributed by atoms with E-state index in [1.165, 1.54) is 16.6 Å². The molecule has 2 amide bonds. The number of likely N-dealkylation sites (tertiary alicyclic amines) is 1. The van der Waals surface area contributed by atoms with Crippen LogP contribution >= 0.6 is 11.3 Å². The zero-order valence-corrected chi connectivity index (χ0v) is 16.4. The number of thiophene rings is 1. The molecule has 7 heteroatoms. The topological polar surface area (TPSA) is 75.4 Å². The molecule has 0 radical (unpaired) electrons. The first-order chi connectivity index (χ1) is 13.6. The molecule has 1 N–H and O–H groups in total. The summed E-state index contributed by atoms with van der Waals surface area (Å²) in [6.07, 6.45) is 2.64. The minimum absolute atomic E-state index is 0.0392. The molecule has 1 aromatic carbocycles. The second kappa shape index (κ2) is 7.59. The first kappa shape index (κ1) is 18.4. The van der Waals surface area contributed by atoms with E-state index in [2.05, 4.69) is 46.2 Å². The molecule has 0 spiro atoms. The van der Waals surface area contributed by atoms with Crippen molar-refractivity contribution < 1.29 is 14.1 Å². The normalized spacial score (nSPS) is 19.0. The summed E-state index contributed by atoms with van der Waals surface area (Å²) in [5.41, 5.74) is 1.61. The van der Waals surface area contributed by atoms with Crippen molar-refractivity contribution in [1.29, 1.82) is 0 Å². The first-order valence-electron chi connectivity index (χ1n) is 9.16. The van der Waals surface area contributed by atoms with Crippen LogP contribution in [0.15, 0.2) is 58.6 Å². The highest BCUT2D eigenvalue weighted by Gasteiger charge is 2.46. The molecular weight excluding hydrogens is 374 g/mol. The summed E-state index contributed by atoms with van der Waals surface area (Å²) < 4.78 is 4.99. The van der Waals surface area contributed by atoms with E-state index in [-0.39, 0.29) is 17.6 Å². The van der Waals surface area contributed by atoms with Crippen LogP contribution in [0.25, 0.3) is 10.4 Å². The third kappa shape index (κ3) is 3.45. The van der Waals surface area contributed by atoms with Crippen LogP contribution < -0.4 is 5.32 Å². The van der Waals surface area contributed by atoms with E-state index in [0.717, 1.165) is 5.56 Å². The third-order valence-corrected chi connectivity index (χ3v) is 6.22. The molecule has 1 aliphatic heterocycles. The van der Waals surface area contributed by atoms with Gasteiger partial charge in [0.1, 0.15) is 0 Å². The standard InChI is InChI=1S/C21H21N3O3S/c1-22-20(26)21(9-11-24(14-21)19(25)17-8-10-23-27-17)13-15-4-6-16(7-5-15)18-3-2-12-28-18/h2-8,10,12H,9,11,13-14H2,1H3,(H,22,26). The van der Waals surface area contributed by atoms with Crippen molar-refractivity contribution in [1.82, 2.24) is 15.4 Å². The van der Waals surface area contributed by atoms with Crippen molar-refractivity contribution >= 4 is 23.2 Å². The van der Waals surface area contributed by atoms with Crippen molar-refractivity contribution in [3.05, 3.63) is 65.4 Å². The van der Waals surface area contributed by atoms with Gasteiger partial charge in [-0.25, -0.2) is 0 Å². The van der Waals surface area contributed by atoms with E-state index in [9.17, 15) is 9.59 Å². The summed E-state index contributed by atoms with van der Waals surface area (Å²) in [5, 5.41) is 8.44. The molecule has 3 aromatic rings. The molecule has 28 heavy (non-hydrogen) atoms. The molecule has 0 bridgehead atoms. The SMILES string of the molecule is CNC(=O)C1(Cc2ccc(-c3cccs3)cc2)CCN(C(=O)c2ccno2)C1. The minimum atomic E-state index is -0.644. The molecule has 1 atom stereocenters. The van der Waals surface area contributed by atoms with Crippen molar-refractivity contribution in [3.63, 3.8) is 0 Å². The maximum atomic E-state index is 12.8. The Morgan fingerprint density at radius 1 is 1.25 bits per heavy atom. The van der Waals surface area contributed by atoms with Crippen molar-refractivity contribution in [2.45, 2.75) is 12.8 Å². The minimum Gasteiger partial charge on any atom is -0.359 e. The van der Waals surface area contributed by atoms with Gasteiger partial charge in [-0.2, -0.15) is 0 Å². The fourth-order valence-corrected chi connectivity index (χ4v) is 4.56. The van der Waals surface area contributed by atoms with Crippen molar-refractivity contribution in [2.75, 3.05) is 20.1 Å². The molecule has 2 aromatic heterocycles. The predicted molar refractivity (Wildman–Crippen MR) is 107 cm³/mol. The molecule has 6 nitrogen and oxygen atoms in total. The number of carbonyl (C=O) groups excluding carboxylic acids is 2. The van der Waals surface area contributed by atoms with Gasteiger partial charge in [0.25, 0.3) is 5.91 Å². The van der Waals surface area contributed by atoms with Gasteiger partial charge in [-0.1, -0.05) is 35.5 Å². The first-order valence-corrected chi connectivity index (χ1v) is 10.0. The maximum absolute atomic E-state index is 12.8. The van der Waals surface area contributed by atoms with E-state index in [0.29, 0.717) is 25.9 Å². The molecule has 1 fully saturated rings. The zero-order valence-electron chi connectivity index (χ0n) is 15.6. The highest BCUT2D eigenvalue weighted by Crippen LogP contribution is 2.36. The Morgan fingerprint density at radius 2 is 2.07 bits per heavy atom. The number of nitrogens with zero attached hydrogens (tertiary/aromatic N) is 2. The molecule has 0 saturated carbocycles. The average Bonchev–Trinajstić information content (AvgIpc) is 3.49. The summed E-state index contributed by atoms with van der Waals surface area (Å²) in [6.45, 7) is 0.874. The van der Waals surface area contributed by atoms with Gasteiger partial charge in [-0.15, -0.1) is 11.3 Å². The van der Waals surface area contributed by atoms with Crippen LogP contribution in [0.4, 0.5) is 0 Å². The van der Waals surface area contributed by atoms with Crippen LogP contribution in [0, 0.1) is 5.41 Å². The summed E-state index contributed by atoms with van der Waals surface area (Å²) in [4.78, 5) is 28.3. The van der Waals surface area contributed by atoms with E-state index in [4.69, 9.17) is 4.52 Å². The summed E-state index contributed by atoms with van der Waals surface area (Å²) in [7, 11) is 1.64. The van der Waals surface area contributed by atoms with Gasteiger partial charge in [0, 0.05) is 31.1 Å². The Labute approximate surface area is 167 Å².